The predicted octanol–water partition coefficient (Wildman–Crippen LogP) is 0.858. The van der Waals surface area contributed by atoms with Gasteiger partial charge in [0.25, 0.3) is 11.8 Å². The van der Waals surface area contributed by atoms with E-state index in [1.807, 2.05) is 0 Å². The zero-order valence-electron chi connectivity index (χ0n) is 12.3. The number of hydrogen-bond acceptors (Lipinski definition) is 3. The van der Waals surface area contributed by atoms with E-state index >= 15 is 0 Å². The molecule has 1 heterocycles. The summed E-state index contributed by atoms with van der Waals surface area (Å²) in [5.74, 6) is 0.361. The molecule has 2 N–H and O–H groups in total. The number of amides is 2. The van der Waals surface area contributed by atoms with Gasteiger partial charge >= 0.3 is 0 Å². The summed E-state index contributed by atoms with van der Waals surface area (Å²) in [4.78, 5) is 29.6. The normalized spacial score (nSPS) is 14.4. The van der Waals surface area contributed by atoms with Crippen molar-refractivity contribution in [2.24, 2.45) is 4.99 Å². The Bertz CT molecular complexity index is 534. The molecule has 1 aromatic rings. The Morgan fingerprint density at radius 3 is 2.29 bits per heavy atom. The Hall–Kier alpha value is -2.37. The Morgan fingerprint density at radius 2 is 1.76 bits per heavy atom. The smallest absolute Gasteiger partial charge is 0.261 e. The first-order chi connectivity index (χ1) is 10.2. The summed E-state index contributed by atoms with van der Waals surface area (Å²) in [6.45, 7) is 1.20. The zero-order valence-corrected chi connectivity index (χ0v) is 12.3. The molecule has 21 heavy (non-hydrogen) atoms. The van der Waals surface area contributed by atoms with E-state index in [1.165, 1.54) is 4.90 Å². The third-order valence-corrected chi connectivity index (χ3v) is 3.44. The second kappa shape index (κ2) is 6.88. The number of nitrogens with zero attached hydrogens (tertiary/aromatic N) is 2. The lowest BCUT2D eigenvalue weighted by atomic mass is 10.1. The molecule has 0 unspecified atom stereocenters. The SMILES string of the molecule is CN=C(NC)NCCCCN1C(=O)c2ccccc2C1=O. The van der Waals surface area contributed by atoms with Crippen molar-refractivity contribution in [3.63, 3.8) is 0 Å². The largest absolute Gasteiger partial charge is 0.359 e. The number of nitrogens with one attached hydrogen (secondary N) is 2. The molecule has 0 saturated heterocycles. The van der Waals surface area contributed by atoms with Gasteiger partial charge in [-0.05, 0) is 25.0 Å². The summed E-state index contributed by atoms with van der Waals surface area (Å²) in [6.07, 6.45) is 1.62. The van der Waals surface area contributed by atoms with Crippen LogP contribution in [0.25, 0.3) is 0 Å². The fourth-order valence-electron chi connectivity index (χ4n) is 2.32. The van der Waals surface area contributed by atoms with E-state index < -0.39 is 0 Å². The minimum atomic E-state index is -0.186. The molecule has 0 atom stereocenters. The molecule has 0 aliphatic carbocycles. The van der Waals surface area contributed by atoms with Gasteiger partial charge in [0.15, 0.2) is 5.96 Å². The second-order valence-electron chi connectivity index (χ2n) is 4.76. The van der Waals surface area contributed by atoms with Crippen molar-refractivity contribution in [2.45, 2.75) is 12.8 Å². The number of imide groups is 1. The van der Waals surface area contributed by atoms with E-state index in [0.717, 1.165) is 25.3 Å². The minimum Gasteiger partial charge on any atom is -0.359 e. The van der Waals surface area contributed by atoms with Crippen LogP contribution >= 0.6 is 0 Å². The number of carbonyl (C=O) groups excluding carboxylic acids is 2. The van der Waals surface area contributed by atoms with Crippen molar-refractivity contribution >= 4 is 17.8 Å². The molecule has 1 aromatic carbocycles. The molecule has 0 fully saturated rings. The van der Waals surface area contributed by atoms with E-state index in [-0.39, 0.29) is 11.8 Å². The maximum absolute atomic E-state index is 12.1. The van der Waals surface area contributed by atoms with Crippen molar-refractivity contribution in [3.8, 4) is 0 Å². The molecule has 0 spiro atoms. The third-order valence-electron chi connectivity index (χ3n) is 3.44. The minimum absolute atomic E-state index is 0.186. The van der Waals surface area contributed by atoms with E-state index in [0.29, 0.717) is 17.7 Å². The zero-order chi connectivity index (χ0) is 15.2. The van der Waals surface area contributed by atoms with Crippen molar-refractivity contribution in [2.75, 3.05) is 27.2 Å². The van der Waals surface area contributed by atoms with Gasteiger partial charge in [0.1, 0.15) is 0 Å². The fourth-order valence-corrected chi connectivity index (χ4v) is 2.32. The molecular formula is C15H20N4O2. The summed E-state index contributed by atoms with van der Waals surface area (Å²) in [5.41, 5.74) is 1.02. The van der Waals surface area contributed by atoms with Crippen LogP contribution in [0.1, 0.15) is 33.6 Å². The molecule has 0 aromatic heterocycles. The fraction of sp³-hybridized carbons (Fsp3) is 0.400. The highest BCUT2D eigenvalue weighted by Gasteiger charge is 2.34. The van der Waals surface area contributed by atoms with E-state index in [1.54, 1.807) is 38.4 Å². The number of fused-ring (bicyclic) bond motifs is 1. The lowest BCUT2D eigenvalue weighted by Crippen LogP contribution is -2.36. The average molecular weight is 288 g/mol. The van der Waals surface area contributed by atoms with Gasteiger partial charge in [0.05, 0.1) is 11.1 Å². The van der Waals surface area contributed by atoms with Crippen LogP contribution in [0.2, 0.25) is 0 Å². The van der Waals surface area contributed by atoms with Gasteiger partial charge in [-0.2, -0.15) is 0 Å². The molecule has 2 rings (SSSR count). The first-order valence-electron chi connectivity index (χ1n) is 7.02. The molecular weight excluding hydrogens is 268 g/mol. The van der Waals surface area contributed by atoms with Gasteiger partial charge in [-0.25, -0.2) is 0 Å². The Balaban J connectivity index is 1.81. The monoisotopic (exact) mass is 288 g/mol. The van der Waals surface area contributed by atoms with Gasteiger partial charge in [-0.3, -0.25) is 19.5 Å². The molecule has 112 valence electrons. The highest BCUT2D eigenvalue weighted by molar-refractivity contribution is 6.21. The van der Waals surface area contributed by atoms with Crippen molar-refractivity contribution in [3.05, 3.63) is 35.4 Å². The molecule has 0 bridgehead atoms. The number of unbranched alkanes of at least 4 members (excludes halogenated alkanes) is 1. The van der Waals surface area contributed by atoms with Crippen LogP contribution in [-0.4, -0.2) is 49.9 Å². The number of aliphatic imine (C=N–C) groups is 1. The van der Waals surface area contributed by atoms with Gasteiger partial charge < -0.3 is 10.6 Å². The van der Waals surface area contributed by atoms with Crippen LogP contribution in [0, 0.1) is 0 Å². The van der Waals surface area contributed by atoms with Crippen molar-refractivity contribution in [1.29, 1.82) is 0 Å². The predicted molar refractivity (Wildman–Crippen MR) is 81.5 cm³/mol. The number of hydrogen-bond donors (Lipinski definition) is 2. The molecule has 2 amide bonds. The maximum atomic E-state index is 12.1. The molecule has 0 radical (unpaired) electrons. The summed E-state index contributed by atoms with van der Waals surface area (Å²) < 4.78 is 0. The first kappa shape index (κ1) is 15.0. The van der Waals surface area contributed by atoms with E-state index in [9.17, 15) is 9.59 Å². The number of guanidine groups is 1. The second-order valence-corrected chi connectivity index (χ2v) is 4.76. The Morgan fingerprint density at radius 1 is 1.14 bits per heavy atom. The Labute approximate surface area is 124 Å². The molecule has 6 nitrogen and oxygen atoms in total. The maximum Gasteiger partial charge on any atom is 0.261 e. The van der Waals surface area contributed by atoms with Crippen molar-refractivity contribution < 1.29 is 9.59 Å². The lowest BCUT2D eigenvalue weighted by molar-refractivity contribution is 0.0652. The van der Waals surface area contributed by atoms with Crippen LogP contribution in [0.4, 0.5) is 0 Å². The highest BCUT2D eigenvalue weighted by atomic mass is 16.2. The van der Waals surface area contributed by atoms with Crippen LogP contribution in [0.5, 0.6) is 0 Å². The third kappa shape index (κ3) is 3.21. The van der Waals surface area contributed by atoms with Gasteiger partial charge in [-0.15, -0.1) is 0 Å². The number of benzene rings is 1. The topological polar surface area (TPSA) is 73.8 Å². The van der Waals surface area contributed by atoms with Crippen LogP contribution in [0.3, 0.4) is 0 Å². The molecule has 6 heteroatoms. The quantitative estimate of drug-likeness (QED) is 0.365. The van der Waals surface area contributed by atoms with Crippen molar-refractivity contribution in [1.82, 2.24) is 15.5 Å². The summed E-state index contributed by atoms with van der Waals surface area (Å²) in [5, 5.41) is 6.06. The molecule has 1 aliphatic heterocycles. The lowest BCUT2D eigenvalue weighted by Gasteiger charge is -2.14. The number of carbonyl (C=O) groups is 2. The summed E-state index contributed by atoms with van der Waals surface area (Å²) >= 11 is 0. The van der Waals surface area contributed by atoms with E-state index in [2.05, 4.69) is 15.6 Å². The van der Waals surface area contributed by atoms with Crippen LogP contribution < -0.4 is 10.6 Å². The highest BCUT2D eigenvalue weighted by Crippen LogP contribution is 2.22. The van der Waals surface area contributed by atoms with Gasteiger partial charge in [0, 0.05) is 27.2 Å². The first-order valence-corrected chi connectivity index (χ1v) is 7.02. The summed E-state index contributed by atoms with van der Waals surface area (Å²) in [7, 11) is 3.51. The number of rotatable bonds is 5. The molecule has 0 saturated carbocycles. The van der Waals surface area contributed by atoms with Gasteiger partial charge in [-0.1, -0.05) is 12.1 Å². The van der Waals surface area contributed by atoms with Crippen LogP contribution in [-0.2, 0) is 0 Å². The van der Waals surface area contributed by atoms with Crippen LogP contribution in [0.15, 0.2) is 29.3 Å². The average Bonchev–Trinajstić information content (AvgIpc) is 2.76. The Kier molecular flexibility index (Phi) is 4.92. The molecule has 1 aliphatic rings. The standard InChI is InChI=1S/C15H20N4O2/c1-16-15(17-2)18-9-5-6-10-19-13(20)11-7-3-4-8-12(11)14(19)21/h3-4,7-8H,5-6,9-10H2,1-2H3,(H2,16,17,18). The van der Waals surface area contributed by atoms with Gasteiger partial charge in [0.2, 0.25) is 0 Å². The van der Waals surface area contributed by atoms with E-state index in [4.69, 9.17) is 0 Å². The summed E-state index contributed by atoms with van der Waals surface area (Å²) in [6, 6.07) is 6.96.